The van der Waals surface area contributed by atoms with Crippen molar-refractivity contribution in [3.63, 3.8) is 0 Å². The zero-order valence-corrected chi connectivity index (χ0v) is 11.4. The first-order chi connectivity index (χ1) is 7.76. The first-order valence-corrected chi connectivity index (χ1v) is 7.27. The second-order valence-electron chi connectivity index (χ2n) is 4.69. The molecule has 0 aliphatic heterocycles. The predicted octanol–water partition coefficient (Wildman–Crippen LogP) is 4.26. The van der Waals surface area contributed by atoms with Crippen molar-refractivity contribution >= 4 is 11.3 Å². The van der Waals surface area contributed by atoms with Crippen LogP contribution >= 0.6 is 11.3 Å². The molecule has 0 fully saturated rings. The Bertz CT molecular complexity index is 262. The molecule has 16 heavy (non-hydrogen) atoms. The minimum atomic E-state index is 0.167. The number of rotatable bonds is 8. The van der Waals surface area contributed by atoms with Gasteiger partial charge in [0.25, 0.3) is 0 Å². The van der Waals surface area contributed by atoms with Crippen molar-refractivity contribution in [3.8, 4) is 0 Å². The van der Waals surface area contributed by atoms with Crippen molar-refractivity contribution in [2.45, 2.75) is 52.4 Å². The van der Waals surface area contributed by atoms with E-state index >= 15 is 0 Å². The molecule has 92 valence electrons. The van der Waals surface area contributed by atoms with Gasteiger partial charge in [-0.2, -0.15) is 0 Å². The van der Waals surface area contributed by atoms with Gasteiger partial charge in [-0.15, -0.1) is 11.3 Å². The van der Waals surface area contributed by atoms with Crippen molar-refractivity contribution in [3.05, 3.63) is 22.4 Å². The molecule has 0 aliphatic rings. The monoisotopic (exact) mass is 240 g/mol. The molecule has 1 heterocycles. The Balaban J connectivity index is 2.49. The lowest BCUT2D eigenvalue weighted by Crippen LogP contribution is -2.25. The predicted molar refractivity (Wildman–Crippen MR) is 72.0 cm³/mol. The Kier molecular flexibility index (Phi) is 6.07. The number of hydrogen-bond donors (Lipinski definition) is 1. The van der Waals surface area contributed by atoms with Gasteiger partial charge < -0.3 is 5.11 Å². The highest BCUT2D eigenvalue weighted by molar-refractivity contribution is 7.09. The van der Waals surface area contributed by atoms with Gasteiger partial charge in [0.15, 0.2) is 0 Å². The van der Waals surface area contributed by atoms with E-state index in [1.54, 1.807) is 0 Å². The summed E-state index contributed by atoms with van der Waals surface area (Å²) in [5.41, 5.74) is 0.167. The molecule has 2 heteroatoms. The van der Waals surface area contributed by atoms with E-state index in [2.05, 4.69) is 31.4 Å². The second kappa shape index (κ2) is 7.08. The number of hydrogen-bond acceptors (Lipinski definition) is 2. The van der Waals surface area contributed by atoms with Crippen LogP contribution in [0.25, 0.3) is 0 Å². The fourth-order valence-corrected chi connectivity index (χ4v) is 2.85. The van der Waals surface area contributed by atoms with Crippen LogP contribution in [0.4, 0.5) is 0 Å². The average Bonchev–Trinajstić information content (AvgIpc) is 2.83. The third-order valence-electron chi connectivity index (χ3n) is 3.63. The van der Waals surface area contributed by atoms with E-state index in [-0.39, 0.29) is 5.41 Å². The number of unbranched alkanes of at least 4 members (excludes halogenated alkanes) is 1. The molecule has 1 aromatic rings. The van der Waals surface area contributed by atoms with E-state index in [4.69, 9.17) is 0 Å². The molecular formula is C14H24OS. The van der Waals surface area contributed by atoms with E-state index in [1.807, 2.05) is 11.3 Å². The van der Waals surface area contributed by atoms with E-state index in [0.29, 0.717) is 6.61 Å². The Morgan fingerprint density at radius 2 is 2.12 bits per heavy atom. The van der Waals surface area contributed by atoms with Crippen molar-refractivity contribution in [1.29, 1.82) is 0 Å². The second-order valence-corrected chi connectivity index (χ2v) is 5.73. The zero-order valence-electron chi connectivity index (χ0n) is 10.5. The lowest BCUT2D eigenvalue weighted by atomic mass is 9.77. The molecular weight excluding hydrogens is 216 g/mol. The van der Waals surface area contributed by atoms with Gasteiger partial charge in [0, 0.05) is 11.5 Å². The number of aryl methyl sites for hydroxylation is 1. The molecule has 1 atom stereocenters. The van der Waals surface area contributed by atoms with Crippen LogP contribution in [0, 0.1) is 5.41 Å². The SMILES string of the molecule is CCCCC(CC)(CO)CCc1cccs1. The van der Waals surface area contributed by atoms with E-state index in [1.165, 1.54) is 24.1 Å². The molecule has 0 radical (unpaired) electrons. The standard InChI is InChI=1S/C14H24OS/c1-3-5-9-14(4-2,12-15)10-8-13-7-6-11-16-13/h6-7,11,15H,3-5,8-10,12H2,1-2H3. The molecule has 1 N–H and O–H groups in total. The van der Waals surface area contributed by atoms with Gasteiger partial charge in [0.1, 0.15) is 0 Å². The highest BCUT2D eigenvalue weighted by atomic mass is 32.1. The van der Waals surface area contributed by atoms with Gasteiger partial charge in [-0.05, 0) is 42.5 Å². The van der Waals surface area contributed by atoms with Gasteiger partial charge in [0.2, 0.25) is 0 Å². The minimum absolute atomic E-state index is 0.167. The summed E-state index contributed by atoms with van der Waals surface area (Å²) in [7, 11) is 0. The Labute approximate surface area is 104 Å². The highest BCUT2D eigenvalue weighted by Crippen LogP contribution is 2.34. The normalized spacial score (nSPS) is 14.9. The van der Waals surface area contributed by atoms with Crippen LogP contribution in [0.3, 0.4) is 0 Å². The van der Waals surface area contributed by atoms with Gasteiger partial charge in [0.05, 0.1) is 0 Å². The third-order valence-corrected chi connectivity index (χ3v) is 4.56. The maximum absolute atomic E-state index is 9.64. The smallest absolute Gasteiger partial charge is 0.0487 e. The van der Waals surface area contributed by atoms with Gasteiger partial charge in [-0.1, -0.05) is 32.8 Å². The van der Waals surface area contributed by atoms with Crippen LogP contribution < -0.4 is 0 Å². The fourth-order valence-electron chi connectivity index (χ4n) is 2.14. The summed E-state index contributed by atoms with van der Waals surface area (Å²) < 4.78 is 0. The summed E-state index contributed by atoms with van der Waals surface area (Å²) in [6, 6.07) is 4.31. The molecule has 0 aliphatic carbocycles. The number of aliphatic hydroxyl groups excluding tert-OH is 1. The van der Waals surface area contributed by atoms with Crippen molar-refractivity contribution in [2.24, 2.45) is 5.41 Å². The first kappa shape index (κ1) is 13.7. The fraction of sp³-hybridized carbons (Fsp3) is 0.714. The van der Waals surface area contributed by atoms with E-state index in [9.17, 15) is 5.11 Å². The van der Waals surface area contributed by atoms with E-state index < -0.39 is 0 Å². The molecule has 0 saturated heterocycles. The topological polar surface area (TPSA) is 20.2 Å². The average molecular weight is 240 g/mol. The quantitative estimate of drug-likeness (QED) is 0.720. The maximum Gasteiger partial charge on any atom is 0.0487 e. The van der Waals surface area contributed by atoms with Crippen molar-refractivity contribution < 1.29 is 5.11 Å². The van der Waals surface area contributed by atoms with E-state index in [0.717, 1.165) is 19.3 Å². The largest absolute Gasteiger partial charge is 0.396 e. The minimum Gasteiger partial charge on any atom is -0.396 e. The summed E-state index contributed by atoms with van der Waals surface area (Å²) in [5.74, 6) is 0. The molecule has 0 aromatic carbocycles. The van der Waals surface area contributed by atoms with Gasteiger partial charge in [-0.3, -0.25) is 0 Å². The summed E-state index contributed by atoms with van der Waals surface area (Å²) in [4.78, 5) is 1.45. The first-order valence-electron chi connectivity index (χ1n) is 6.39. The summed E-state index contributed by atoms with van der Waals surface area (Å²) >= 11 is 1.83. The molecule has 0 saturated carbocycles. The molecule has 0 spiro atoms. The summed E-state index contributed by atoms with van der Waals surface area (Å²) in [5, 5.41) is 11.8. The van der Waals surface area contributed by atoms with Gasteiger partial charge >= 0.3 is 0 Å². The molecule has 1 unspecified atom stereocenters. The molecule has 1 aromatic heterocycles. The van der Waals surface area contributed by atoms with Crippen LogP contribution in [-0.2, 0) is 6.42 Å². The van der Waals surface area contributed by atoms with Crippen LogP contribution in [-0.4, -0.2) is 11.7 Å². The lowest BCUT2D eigenvalue weighted by molar-refractivity contribution is 0.0981. The lowest BCUT2D eigenvalue weighted by Gasteiger charge is -2.30. The summed E-state index contributed by atoms with van der Waals surface area (Å²) in [6.07, 6.45) is 6.96. The van der Waals surface area contributed by atoms with Crippen molar-refractivity contribution in [1.82, 2.24) is 0 Å². The molecule has 0 bridgehead atoms. The van der Waals surface area contributed by atoms with Crippen LogP contribution in [0.5, 0.6) is 0 Å². The zero-order chi connectivity index (χ0) is 11.9. The van der Waals surface area contributed by atoms with Crippen LogP contribution in [0.2, 0.25) is 0 Å². The van der Waals surface area contributed by atoms with Crippen LogP contribution in [0.1, 0.15) is 50.8 Å². The van der Waals surface area contributed by atoms with Crippen LogP contribution in [0.15, 0.2) is 17.5 Å². The molecule has 1 rings (SSSR count). The number of thiophene rings is 1. The highest BCUT2D eigenvalue weighted by Gasteiger charge is 2.26. The van der Waals surface area contributed by atoms with Crippen molar-refractivity contribution in [2.75, 3.05) is 6.61 Å². The Morgan fingerprint density at radius 3 is 2.62 bits per heavy atom. The van der Waals surface area contributed by atoms with Gasteiger partial charge in [-0.25, -0.2) is 0 Å². The molecule has 1 nitrogen and oxygen atoms in total. The Morgan fingerprint density at radius 1 is 1.31 bits per heavy atom. The third kappa shape index (κ3) is 3.91. The number of aliphatic hydroxyl groups is 1. The maximum atomic E-state index is 9.64. The molecule has 0 amide bonds. The summed E-state index contributed by atoms with van der Waals surface area (Å²) in [6.45, 7) is 4.77. The Hall–Kier alpha value is -0.340.